The van der Waals surface area contributed by atoms with Crippen LogP contribution in [-0.2, 0) is 0 Å². The number of hydrogen-bond donors (Lipinski definition) is 2. The van der Waals surface area contributed by atoms with Crippen molar-refractivity contribution in [1.82, 2.24) is 10.3 Å². The minimum Gasteiger partial charge on any atom is -0.504 e. The molecule has 4 heteroatoms. The predicted octanol–water partition coefficient (Wildman–Crippen LogP) is 2.27. The lowest BCUT2D eigenvalue weighted by atomic mass is 10.0. The molecule has 2 N–H and O–H groups in total. The van der Waals surface area contributed by atoms with Crippen LogP contribution in [0.2, 0.25) is 0 Å². The highest BCUT2D eigenvalue weighted by Gasteiger charge is 2.22. The molecule has 0 radical (unpaired) electrons. The first-order valence-corrected chi connectivity index (χ1v) is 5.58. The highest BCUT2D eigenvalue weighted by molar-refractivity contribution is 5.81. The van der Waals surface area contributed by atoms with Crippen molar-refractivity contribution in [3.05, 3.63) is 23.6 Å². The largest absolute Gasteiger partial charge is 0.504 e. The van der Waals surface area contributed by atoms with E-state index in [1.54, 1.807) is 6.92 Å². The van der Waals surface area contributed by atoms with Crippen molar-refractivity contribution in [2.24, 2.45) is 0 Å². The van der Waals surface area contributed by atoms with E-state index in [-0.39, 0.29) is 11.8 Å². The standard InChI is InChI=1S/C12H14N2O2/c1-7-14-10-5-4-8(9-3-2-6-13-9)11(15)12(10)16-7/h4-5,9,13,15H,2-3,6H2,1H3. The Balaban J connectivity index is 2.14. The number of benzene rings is 1. The van der Waals surface area contributed by atoms with Crippen molar-refractivity contribution in [2.75, 3.05) is 6.54 Å². The molecule has 0 aliphatic carbocycles. The van der Waals surface area contributed by atoms with E-state index in [4.69, 9.17) is 4.42 Å². The smallest absolute Gasteiger partial charge is 0.196 e. The summed E-state index contributed by atoms with van der Waals surface area (Å²) in [6, 6.07) is 4.08. The number of phenolic OH excluding ortho intramolecular Hbond substituents is 1. The highest BCUT2D eigenvalue weighted by atomic mass is 16.4. The van der Waals surface area contributed by atoms with Crippen molar-refractivity contribution in [3.63, 3.8) is 0 Å². The zero-order chi connectivity index (χ0) is 11.1. The van der Waals surface area contributed by atoms with Gasteiger partial charge in [-0.3, -0.25) is 0 Å². The van der Waals surface area contributed by atoms with E-state index in [2.05, 4.69) is 10.3 Å². The van der Waals surface area contributed by atoms with Gasteiger partial charge in [-0.15, -0.1) is 0 Å². The van der Waals surface area contributed by atoms with Crippen LogP contribution in [0.15, 0.2) is 16.5 Å². The fourth-order valence-electron chi connectivity index (χ4n) is 2.34. The first-order chi connectivity index (χ1) is 7.75. The number of nitrogens with zero attached hydrogens (tertiary/aromatic N) is 1. The van der Waals surface area contributed by atoms with Crippen LogP contribution in [0.25, 0.3) is 11.1 Å². The zero-order valence-corrected chi connectivity index (χ0v) is 9.16. The zero-order valence-electron chi connectivity index (χ0n) is 9.16. The number of nitrogens with one attached hydrogen (secondary N) is 1. The van der Waals surface area contributed by atoms with E-state index in [1.165, 1.54) is 0 Å². The van der Waals surface area contributed by atoms with E-state index in [0.717, 1.165) is 30.5 Å². The van der Waals surface area contributed by atoms with Crippen molar-refractivity contribution in [2.45, 2.75) is 25.8 Å². The Labute approximate surface area is 93.3 Å². The maximum Gasteiger partial charge on any atom is 0.196 e. The molecule has 0 bridgehead atoms. The molecular formula is C12H14N2O2. The Morgan fingerprint density at radius 3 is 3.12 bits per heavy atom. The Morgan fingerprint density at radius 2 is 2.38 bits per heavy atom. The summed E-state index contributed by atoms with van der Waals surface area (Å²) in [7, 11) is 0. The van der Waals surface area contributed by atoms with Crippen LogP contribution in [-0.4, -0.2) is 16.6 Å². The topological polar surface area (TPSA) is 58.3 Å². The number of aromatic nitrogens is 1. The maximum atomic E-state index is 10.1. The van der Waals surface area contributed by atoms with E-state index in [1.807, 2.05) is 12.1 Å². The second kappa shape index (κ2) is 3.49. The van der Waals surface area contributed by atoms with Gasteiger partial charge in [-0.25, -0.2) is 4.98 Å². The Hall–Kier alpha value is -1.55. The number of oxazole rings is 1. The summed E-state index contributed by atoms with van der Waals surface area (Å²) in [4.78, 5) is 4.19. The lowest BCUT2D eigenvalue weighted by Crippen LogP contribution is -2.12. The number of fused-ring (bicyclic) bond motifs is 1. The molecule has 0 spiro atoms. The summed E-state index contributed by atoms with van der Waals surface area (Å²) >= 11 is 0. The Morgan fingerprint density at radius 1 is 1.50 bits per heavy atom. The van der Waals surface area contributed by atoms with E-state index < -0.39 is 0 Å². The van der Waals surface area contributed by atoms with Gasteiger partial charge in [-0.05, 0) is 25.5 Å². The summed E-state index contributed by atoms with van der Waals surface area (Å²) in [6.45, 7) is 2.80. The fourth-order valence-corrected chi connectivity index (χ4v) is 2.34. The van der Waals surface area contributed by atoms with Crippen molar-refractivity contribution in [3.8, 4) is 5.75 Å². The van der Waals surface area contributed by atoms with E-state index in [9.17, 15) is 5.11 Å². The average molecular weight is 218 g/mol. The summed E-state index contributed by atoms with van der Waals surface area (Å²) in [5.74, 6) is 0.819. The van der Waals surface area contributed by atoms with Gasteiger partial charge in [0.25, 0.3) is 0 Å². The third-order valence-electron chi connectivity index (χ3n) is 3.11. The predicted molar refractivity (Wildman–Crippen MR) is 60.4 cm³/mol. The fraction of sp³-hybridized carbons (Fsp3) is 0.417. The normalized spacial score (nSPS) is 20.7. The van der Waals surface area contributed by atoms with Gasteiger partial charge in [0.1, 0.15) is 5.52 Å². The molecule has 1 aliphatic heterocycles. The van der Waals surface area contributed by atoms with Gasteiger partial charge < -0.3 is 14.8 Å². The minimum absolute atomic E-state index is 0.234. The number of aryl methyl sites for hydroxylation is 1. The number of phenols is 1. The number of aromatic hydroxyl groups is 1. The average Bonchev–Trinajstić information content (AvgIpc) is 2.86. The second-order valence-corrected chi connectivity index (χ2v) is 4.23. The van der Waals surface area contributed by atoms with Gasteiger partial charge >= 0.3 is 0 Å². The summed E-state index contributed by atoms with van der Waals surface area (Å²) in [6.07, 6.45) is 2.21. The Kier molecular flexibility index (Phi) is 2.11. The van der Waals surface area contributed by atoms with Gasteiger partial charge in [-0.1, -0.05) is 6.07 Å². The SMILES string of the molecule is Cc1nc2ccc(C3CCCN3)c(O)c2o1. The third kappa shape index (κ3) is 1.38. The van der Waals surface area contributed by atoms with Gasteiger partial charge in [0.05, 0.1) is 0 Å². The molecule has 16 heavy (non-hydrogen) atoms. The van der Waals surface area contributed by atoms with Crippen LogP contribution in [0.4, 0.5) is 0 Å². The summed E-state index contributed by atoms with van der Waals surface area (Å²) in [5.41, 5.74) is 2.14. The lowest BCUT2D eigenvalue weighted by molar-refractivity contribution is 0.444. The molecule has 1 aliphatic rings. The van der Waals surface area contributed by atoms with Crippen LogP contribution in [0, 0.1) is 6.92 Å². The van der Waals surface area contributed by atoms with Crippen molar-refractivity contribution < 1.29 is 9.52 Å². The van der Waals surface area contributed by atoms with Crippen LogP contribution < -0.4 is 5.32 Å². The molecular weight excluding hydrogens is 204 g/mol. The quantitative estimate of drug-likeness (QED) is 0.770. The van der Waals surface area contributed by atoms with E-state index >= 15 is 0 Å². The summed E-state index contributed by atoms with van der Waals surface area (Å²) in [5, 5.41) is 13.5. The molecule has 2 heterocycles. The number of rotatable bonds is 1. The van der Waals surface area contributed by atoms with Gasteiger partial charge in [-0.2, -0.15) is 0 Å². The molecule has 1 atom stereocenters. The molecule has 1 unspecified atom stereocenters. The van der Waals surface area contributed by atoms with Crippen LogP contribution in [0.3, 0.4) is 0 Å². The second-order valence-electron chi connectivity index (χ2n) is 4.23. The van der Waals surface area contributed by atoms with Gasteiger partial charge in [0, 0.05) is 18.5 Å². The van der Waals surface area contributed by atoms with Crippen LogP contribution in [0.1, 0.15) is 30.3 Å². The monoisotopic (exact) mass is 218 g/mol. The third-order valence-corrected chi connectivity index (χ3v) is 3.11. The molecule has 0 saturated carbocycles. The minimum atomic E-state index is 0.234. The van der Waals surface area contributed by atoms with Crippen LogP contribution in [0.5, 0.6) is 5.75 Å². The highest BCUT2D eigenvalue weighted by Crippen LogP contribution is 2.35. The molecule has 1 aromatic carbocycles. The molecule has 84 valence electrons. The maximum absolute atomic E-state index is 10.1. The first-order valence-electron chi connectivity index (χ1n) is 5.58. The van der Waals surface area contributed by atoms with E-state index in [0.29, 0.717) is 11.5 Å². The Bertz CT molecular complexity index is 527. The molecule has 1 aromatic heterocycles. The first kappa shape index (κ1) is 9.66. The molecule has 2 aromatic rings. The molecule has 1 fully saturated rings. The molecule has 1 saturated heterocycles. The molecule has 0 amide bonds. The van der Waals surface area contributed by atoms with Gasteiger partial charge in [0.15, 0.2) is 17.2 Å². The van der Waals surface area contributed by atoms with Crippen molar-refractivity contribution >= 4 is 11.1 Å². The molecule has 3 rings (SSSR count). The van der Waals surface area contributed by atoms with Crippen LogP contribution >= 0.6 is 0 Å². The lowest BCUT2D eigenvalue weighted by Gasteiger charge is -2.11. The van der Waals surface area contributed by atoms with Gasteiger partial charge in [0.2, 0.25) is 0 Å². The molecule has 4 nitrogen and oxygen atoms in total. The summed E-state index contributed by atoms with van der Waals surface area (Å²) < 4.78 is 5.41. The number of hydrogen-bond acceptors (Lipinski definition) is 4. The van der Waals surface area contributed by atoms with Crippen molar-refractivity contribution in [1.29, 1.82) is 0 Å².